The van der Waals surface area contributed by atoms with E-state index < -0.39 is 0 Å². The molecule has 0 saturated heterocycles. The van der Waals surface area contributed by atoms with E-state index in [0.29, 0.717) is 17.2 Å². The molecule has 0 heterocycles. The predicted molar refractivity (Wildman–Crippen MR) is 139 cm³/mol. The number of hydrogen-bond donors (Lipinski definition) is 1. The minimum absolute atomic E-state index is 0.0442. The summed E-state index contributed by atoms with van der Waals surface area (Å²) in [5.74, 6) is 2.84. The van der Waals surface area contributed by atoms with Gasteiger partial charge in [0.05, 0.1) is 27.0 Å². The van der Waals surface area contributed by atoms with E-state index in [0.717, 1.165) is 42.0 Å². The van der Waals surface area contributed by atoms with Crippen molar-refractivity contribution in [3.63, 3.8) is 0 Å². The second-order valence-corrected chi connectivity index (χ2v) is 8.35. The molecule has 0 radical (unpaired) electrons. The van der Waals surface area contributed by atoms with Crippen molar-refractivity contribution >= 4 is 11.4 Å². The van der Waals surface area contributed by atoms with Gasteiger partial charge in [0, 0.05) is 17.2 Å². The van der Waals surface area contributed by atoms with Crippen LogP contribution in [0.4, 0.5) is 11.4 Å². The molecule has 0 spiro atoms. The smallest absolute Gasteiger partial charge is 0.203 e. The van der Waals surface area contributed by atoms with E-state index in [1.807, 2.05) is 60.7 Å². The van der Waals surface area contributed by atoms with Gasteiger partial charge < -0.3 is 24.3 Å². The van der Waals surface area contributed by atoms with E-state index in [4.69, 9.17) is 18.9 Å². The van der Waals surface area contributed by atoms with Crippen LogP contribution in [0.25, 0.3) is 0 Å². The van der Waals surface area contributed by atoms with Crippen LogP contribution in [0.5, 0.6) is 23.0 Å². The van der Waals surface area contributed by atoms with Crippen LogP contribution in [0.2, 0.25) is 0 Å². The first-order valence-electron chi connectivity index (χ1n) is 12.0. The van der Waals surface area contributed by atoms with E-state index >= 15 is 0 Å². The standard InChI is InChI=1S/C29H37NO4/c1-6-7-9-17-25(21(2)23-19-20-27(31-3)29(33-5)28(23)32-4)34-26-18-13-12-16-24(26)30-22-14-10-8-11-15-22/h8,10-16,18-21,25,30H,6-7,9,17H2,1-5H3. The second kappa shape index (κ2) is 12.8. The fourth-order valence-corrected chi connectivity index (χ4v) is 4.20. The Morgan fingerprint density at radius 3 is 2.12 bits per heavy atom. The molecule has 34 heavy (non-hydrogen) atoms. The molecule has 0 aliphatic carbocycles. The quantitative estimate of drug-likeness (QED) is 0.265. The van der Waals surface area contributed by atoms with Gasteiger partial charge in [-0.25, -0.2) is 0 Å². The second-order valence-electron chi connectivity index (χ2n) is 8.35. The molecule has 5 nitrogen and oxygen atoms in total. The monoisotopic (exact) mass is 463 g/mol. The third kappa shape index (κ3) is 6.16. The zero-order valence-electron chi connectivity index (χ0n) is 21.0. The largest absolute Gasteiger partial charge is 0.493 e. The van der Waals surface area contributed by atoms with Gasteiger partial charge in [-0.05, 0) is 43.2 Å². The van der Waals surface area contributed by atoms with E-state index in [2.05, 4.69) is 25.2 Å². The summed E-state index contributed by atoms with van der Waals surface area (Å²) in [5, 5.41) is 3.49. The molecule has 0 bridgehead atoms. The lowest BCUT2D eigenvalue weighted by Gasteiger charge is -2.28. The van der Waals surface area contributed by atoms with Crippen LogP contribution >= 0.6 is 0 Å². The van der Waals surface area contributed by atoms with Crippen molar-refractivity contribution in [1.82, 2.24) is 0 Å². The van der Waals surface area contributed by atoms with Crippen molar-refractivity contribution in [2.45, 2.75) is 51.6 Å². The molecule has 0 aromatic heterocycles. The fraction of sp³-hybridized carbons (Fsp3) is 0.379. The number of nitrogens with one attached hydrogen (secondary N) is 1. The van der Waals surface area contributed by atoms with Gasteiger partial charge in [-0.3, -0.25) is 0 Å². The van der Waals surface area contributed by atoms with Crippen LogP contribution in [0.1, 0.15) is 51.0 Å². The molecule has 2 atom stereocenters. The molecule has 3 rings (SSSR count). The zero-order chi connectivity index (χ0) is 24.3. The first-order chi connectivity index (χ1) is 16.6. The van der Waals surface area contributed by atoms with Crippen molar-refractivity contribution in [3.05, 3.63) is 72.3 Å². The summed E-state index contributed by atoms with van der Waals surface area (Å²) in [5.41, 5.74) is 3.01. The summed E-state index contributed by atoms with van der Waals surface area (Å²) in [6.07, 6.45) is 4.31. The van der Waals surface area contributed by atoms with Crippen molar-refractivity contribution < 1.29 is 18.9 Å². The molecule has 0 aliphatic rings. The predicted octanol–water partition coefficient (Wildman–Crippen LogP) is 7.59. The van der Waals surface area contributed by atoms with E-state index in [1.54, 1.807) is 21.3 Å². The fourth-order valence-electron chi connectivity index (χ4n) is 4.20. The highest BCUT2D eigenvalue weighted by atomic mass is 16.5. The van der Waals surface area contributed by atoms with Gasteiger partial charge in [0.25, 0.3) is 0 Å². The highest BCUT2D eigenvalue weighted by molar-refractivity contribution is 5.66. The Bertz CT molecular complexity index is 1020. The highest BCUT2D eigenvalue weighted by Crippen LogP contribution is 2.44. The van der Waals surface area contributed by atoms with Gasteiger partial charge in [0.15, 0.2) is 11.5 Å². The number of benzene rings is 3. The lowest BCUT2D eigenvalue weighted by atomic mass is 9.90. The molecule has 3 aromatic rings. The molecule has 1 N–H and O–H groups in total. The van der Waals surface area contributed by atoms with Gasteiger partial charge in [-0.15, -0.1) is 0 Å². The Morgan fingerprint density at radius 2 is 1.44 bits per heavy atom. The normalized spacial score (nSPS) is 12.5. The molecule has 2 unspecified atom stereocenters. The van der Waals surface area contributed by atoms with Crippen molar-refractivity contribution in [3.8, 4) is 23.0 Å². The maximum Gasteiger partial charge on any atom is 0.203 e. The molecule has 0 saturated carbocycles. The van der Waals surface area contributed by atoms with Crippen LogP contribution in [-0.4, -0.2) is 27.4 Å². The Balaban J connectivity index is 1.93. The van der Waals surface area contributed by atoms with E-state index in [-0.39, 0.29) is 12.0 Å². The van der Waals surface area contributed by atoms with Gasteiger partial charge >= 0.3 is 0 Å². The Labute approximate surface area is 204 Å². The van der Waals surface area contributed by atoms with E-state index in [9.17, 15) is 0 Å². The Hall–Kier alpha value is -3.34. The Kier molecular flexibility index (Phi) is 9.51. The van der Waals surface area contributed by atoms with Gasteiger partial charge in [-0.1, -0.05) is 63.1 Å². The highest BCUT2D eigenvalue weighted by Gasteiger charge is 2.27. The molecule has 3 aromatic carbocycles. The van der Waals surface area contributed by atoms with Gasteiger partial charge in [0.1, 0.15) is 11.9 Å². The topological polar surface area (TPSA) is 49.0 Å². The number of ether oxygens (including phenoxy) is 4. The number of anilines is 2. The van der Waals surface area contributed by atoms with Crippen molar-refractivity contribution in [2.75, 3.05) is 26.6 Å². The lowest BCUT2D eigenvalue weighted by Crippen LogP contribution is -2.24. The summed E-state index contributed by atoms with van der Waals surface area (Å²) in [7, 11) is 4.93. The summed E-state index contributed by atoms with van der Waals surface area (Å²) >= 11 is 0. The first-order valence-corrected chi connectivity index (χ1v) is 12.0. The average molecular weight is 464 g/mol. The minimum Gasteiger partial charge on any atom is -0.493 e. The van der Waals surface area contributed by atoms with Gasteiger partial charge in [0.2, 0.25) is 5.75 Å². The Morgan fingerprint density at radius 1 is 0.735 bits per heavy atom. The number of hydrogen-bond acceptors (Lipinski definition) is 5. The number of para-hydroxylation sites is 3. The van der Waals surface area contributed by atoms with E-state index in [1.165, 1.54) is 6.42 Å². The molecule has 0 amide bonds. The summed E-state index contributed by atoms with van der Waals surface area (Å²) in [6, 6.07) is 22.2. The molecule has 182 valence electrons. The number of rotatable bonds is 13. The van der Waals surface area contributed by atoms with Crippen LogP contribution < -0.4 is 24.3 Å². The molecular formula is C29H37NO4. The molecule has 0 fully saturated rings. The lowest BCUT2D eigenvalue weighted by molar-refractivity contribution is 0.161. The van der Waals surface area contributed by atoms with Crippen LogP contribution in [-0.2, 0) is 0 Å². The molecule has 0 aliphatic heterocycles. The zero-order valence-corrected chi connectivity index (χ0v) is 21.0. The maximum atomic E-state index is 6.72. The SMILES string of the molecule is CCCCCC(Oc1ccccc1Nc1ccccc1)C(C)c1ccc(OC)c(OC)c1OC. The van der Waals surface area contributed by atoms with Crippen LogP contribution in [0, 0.1) is 0 Å². The minimum atomic E-state index is -0.0442. The maximum absolute atomic E-state index is 6.72. The molecule has 5 heteroatoms. The van der Waals surface area contributed by atoms with Crippen molar-refractivity contribution in [1.29, 1.82) is 0 Å². The number of unbranched alkanes of at least 4 members (excludes halogenated alkanes) is 2. The summed E-state index contributed by atoms with van der Waals surface area (Å²) in [4.78, 5) is 0. The summed E-state index contributed by atoms with van der Waals surface area (Å²) < 4.78 is 23.6. The van der Waals surface area contributed by atoms with Crippen LogP contribution in [0.3, 0.4) is 0 Å². The first kappa shape index (κ1) is 25.3. The number of methoxy groups -OCH3 is 3. The average Bonchev–Trinajstić information content (AvgIpc) is 2.88. The van der Waals surface area contributed by atoms with Crippen LogP contribution in [0.15, 0.2) is 66.7 Å². The van der Waals surface area contributed by atoms with Gasteiger partial charge in [-0.2, -0.15) is 0 Å². The van der Waals surface area contributed by atoms with Crippen molar-refractivity contribution in [2.24, 2.45) is 0 Å². The third-order valence-electron chi connectivity index (χ3n) is 6.09. The molecular weight excluding hydrogens is 426 g/mol. The summed E-state index contributed by atoms with van der Waals surface area (Å²) in [6.45, 7) is 4.41. The third-order valence-corrected chi connectivity index (χ3v) is 6.09.